The standard InChI is InChI=1S/C24H25F3N6O2/c1-28-10-3-5-23(34)32-14-21(33-13-20(30-31-33)18-4-2-11-29-12-18)22(15-32)35-16-17-6-8-19(9-7-17)24(25,26)27/h2-9,11-13,21-22,28H,10,14-16H2,1H3/b5-3+/t21-,22-/m1/s1. The lowest BCUT2D eigenvalue weighted by molar-refractivity contribution is -0.137. The number of amides is 1. The maximum atomic E-state index is 12.8. The van der Waals surface area contributed by atoms with Crippen LogP contribution in [0.4, 0.5) is 13.2 Å². The number of rotatable bonds is 8. The molecule has 0 aliphatic carbocycles. The number of carbonyl (C=O) groups excluding carboxylic acids is 1. The monoisotopic (exact) mass is 486 g/mol. The first-order valence-corrected chi connectivity index (χ1v) is 11.0. The highest BCUT2D eigenvalue weighted by atomic mass is 19.4. The zero-order chi connectivity index (χ0) is 24.8. The Morgan fingerprint density at radius 2 is 2.03 bits per heavy atom. The van der Waals surface area contributed by atoms with E-state index in [4.69, 9.17) is 4.74 Å². The summed E-state index contributed by atoms with van der Waals surface area (Å²) in [4.78, 5) is 18.4. The molecule has 0 unspecified atom stereocenters. The Hall–Kier alpha value is -3.57. The fraction of sp³-hybridized carbons (Fsp3) is 0.333. The molecule has 4 rings (SSSR count). The average molecular weight is 486 g/mol. The van der Waals surface area contributed by atoms with Crippen LogP contribution < -0.4 is 5.32 Å². The van der Waals surface area contributed by atoms with E-state index < -0.39 is 17.8 Å². The van der Waals surface area contributed by atoms with Crippen LogP contribution in [0.1, 0.15) is 17.2 Å². The number of benzene rings is 1. The van der Waals surface area contributed by atoms with Gasteiger partial charge in [0.25, 0.3) is 0 Å². The van der Waals surface area contributed by atoms with Gasteiger partial charge in [-0.3, -0.25) is 9.78 Å². The number of hydrogen-bond acceptors (Lipinski definition) is 6. The second kappa shape index (κ2) is 10.8. The molecule has 0 spiro atoms. The van der Waals surface area contributed by atoms with Crippen LogP contribution in [0.3, 0.4) is 0 Å². The van der Waals surface area contributed by atoms with E-state index in [1.165, 1.54) is 18.2 Å². The molecule has 0 saturated carbocycles. The van der Waals surface area contributed by atoms with Crippen molar-refractivity contribution < 1.29 is 22.7 Å². The molecule has 2 atom stereocenters. The average Bonchev–Trinajstić information content (AvgIpc) is 3.51. The summed E-state index contributed by atoms with van der Waals surface area (Å²) in [5.74, 6) is -0.154. The van der Waals surface area contributed by atoms with Crippen molar-refractivity contribution in [3.63, 3.8) is 0 Å². The molecule has 11 heteroatoms. The Kier molecular flexibility index (Phi) is 7.57. The zero-order valence-corrected chi connectivity index (χ0v) is 19.0. The summed E-state index contributed by atoms with van der Waals surface area (Å²) in [5.41, 5.74) is 1.33. The molecule has 2 aromatic heterocycles. The van der Waals surface area contributed by atoms with E-state index in [0.29, 0.717) is 30.9 Å². The predicted octanol–water partition coefficient (Wildman–Crippen LogP) is 3.10. The van der Waals surface area contributed by atoms with Crippen LogP contribution in [0.5, 0.6) is 0 Å². The Labute approximate surface area is 200 Å². The van der Waals surface area contributed by atoms with E-state index in [1.807, 2.05) is 6.07 Å². The third kappa shape index (κ3) is 6.11. The first-order valence-electron chi connectivity index (χ1n) is 11.0. The van der Waals surface area contributed by atoms with Crippen molar-refractivity contribution in [2.45, 2.75) is 24.9 Å². The maximum Gasteiger partial charge on any atom is 0.416 e. The highest BCUT2D eigenvalue weighted by molar-refractivity contribution is 5.87. The molecule has 3 heterocycles. The number of nitrogens with zero attached hydrogens (tertiary/aromatic N) is 5. The minimum Gasteiger partial charge on any atom is -0.369 e. The molecule has 1 aromatic carbocycles. The van der Waals surface area contributed by atoms with Crippen molar-refractivity contribution in [2.75, 3.05) is 26.7 Å². The Morgan fingerprint density at radius 1 is 1.23 bits per heavy atom. The SMILES string of the molecule is CNC/C=C/C(=O)N1C[C@@H](n2cc(-c3cccnc3)nn2)[C@H](OCc2ccc(C(F)(F)F)cc2)C1. The molecule has 1 fully saturated rings. The number of alkyl halides is 3. The molecule has 184 valence electrons. The lowest BCUT2D eigenvalue weighted by Gasteiger charge is -2.19. The third-order valence-electron chi connectivity index (χ3n) is 5.68. The zero-order valence-electron chi connectivity index (χ0n) is 19.0. The summed E-state index contributed by atoms with van der Waals surface area (Å²) < 4.78 is 46.3. The van der Waals surface area contributed by atoms with Crippen LogP contribution in [0.25, 0.3) is 11.3 Å². The van der Waals surface area contributed by atoms with Crippen LogP contribution in [-0.4, -0.2) is 63.6 Å². The summed E-state index contributed by atoms with van der Waals surface area (Å²) in [6, 6.07) is 8.21. The summed E-state index contributed by atoms with van der Waals surface area (Å²) in [6.07, 6.45) is 3.56. The smallest absolute Gasteiger partial charge is 0.369 e. The summed E-state index contributed by atoms with van der Waals surface area (Å²) in [6.45, 7) is 1.34. The van der Waals surface area contributed by atoms with Crippen LogP contribution in [0.15, 0.2) is 67.1 Å². The second-order valence-corrected chi connectivity index (χ2v) is 8.14. The predicted molar refractivity (Wildman–Crippen MR) is 122 cm³/mol. The summed E-state index contributed by atoms with van der Waals surface area (Å²) in [5, 5.41) is 11.4. The van der Waals surface area contributed by atoms with Crippen molar-refractivity contribution in [2.24, 2.45) is 0 Å². The van der Waals surface area contributed by atoms with Crippen molar-refractivity contribution in [1.82, 2.24) is 30.2 Å². The molecular weight excluding hydrogens is 461 g/mol. The first kappa shape index (κ1) is 24.6. The van der Waals surface area contributed by atoms with Crippen LogP contribution in [0, 0.1) is 0 Å². The number of likely N-dealkylation sites (N-methyl/N-ethyl adjacent to an activating group) is 1. The van der Waals surface area contributed by atoms with E-state index in [2.05, 4.69) is 20.6 Å². The highest BCUT2D eigenvalue weighted by Crippen LogP contribution is 2.30. The van der Waals surface area contributed by atoms with Gasteiger partial charge in [-0.15, -0.1) is 5.10 Å². The van der Waals surface area contributed by atoms with Gasteiger partial charge in [-0.1, -0.05) is 23.4 Å². The fourth-order valence-electron chi connectivity index (χ4n) is 3.82. The van der Waals surface area contributed by atoms with E-state index in [9.17, 15) is 18.0 Å². The Bertz CT molecular complexity index is 1150. The van der Waals surface area contributed by atoms with Gasteiger partial charge in [0.15, 0.2) is 0 Å². The minimum atomic E-state index is -4.39. The van der Waals surface area contributed by atoms with Gasteiger partial charge in [-0.2, -0.15) is 13.2 Å². The van der Waals surface area contributed by atoms with Gasteiger partial charge in [-0.05, 0) is 36.9 Å². The van der Waals surface area contributed by atoms with Gasteiger partial charge in [0.2, 0.25) is 5.91 Å². The molecule has 1 N–H and O–H groups in total. The summed E-state index contributed by atoms with van der Waals surface area (Å²) in [7, 11) is 1.79. The molecule has 0 radical (unpaired) electrons. The van der Waals surface area contributed by atoms with E-state index in [-0.39, 0.29) is 18.6 Å². The minimum absolute atomic E-state index is 0.0983. The number of pyridine rings is 1. The summed E-state index contributed by atoms with van der Waals surface area (Å²) >= 11 is 0. The molecule has 1 aliphatic rings. The quantitative estimate of drug-likeness (QED) is 0.493. The van der Waals surface area contributed by atoms with Crippen LogP contribution in [0.2, 0.25) is 0 Å². The number of aromatic nitrogens is 4. The molecule has 8 nitrogen and oxygen atoms in total. The number of nitrogens with one attached hydrogen (secondary N) is 1. The first-order chi connectivity index (χ1) is 16.8. The number of likely N-dealkylation sites (tertiary alicyclic amines) is 1. The molecule has 0 bridgehead atoms. The van der Waals surface area contributed by atoms with E-state index >= 15 is 0 Å². The lowest BCUT2D eigenvalue weighted by atomic mass is 10.1. The molecule has 1 saturated heterocycles. The van der Waals surface area contributed by atoms with Crippen molar-refractivity contribution >= 4 is 5.91 Å². The highest BCUT2D eigenvalue weighted by Gasteiger charge is 2.37. The van der Waals surface area contributed by atoms with Gasteiger partial charge in [0, 0.05) is 43.7 Å². The van der Waals surface area contributed by atoms with Gasteiger partial charge in [0.1, 0.15) is 5.69 Å². The van der Waals surface area contributed by atoms with Crippen molar-refractivity contribution in [3.8, 4) is 11.3 Å². The van der Waals surface area contributed by atoms with Crippen LogP contribution in [-0.2, 0) is 22.3 Å². The third-order valence-corrected chi connectivity index (χ3v) is 5.68. The Balaban J connectivity index is 1.50. The number of ether oxygens (including phenoxy) is 1. The Morgan fingerprint density at radius 3 is 2.71 bits per heavy atom. The molecule has 35 heavy (non-hydrogen) atoms. The molecule has 1 amide bonds. The number of carbonyl (C=O) groups is 1. The topological polar surface area (TPSA) is 85.2 Å². The maximum absolute atomic E-state index is 12.8. The van der Waals surface area contributed by atoms with Gasteiger partial charge in [-0.25, -0.2) is 4.68 Å². The van der Waals surface area contributed by atoms with Gasteiger partial charge < -0.3 is 15.0 Å². The molecule has 1 aliphatic heterocycles. The lowest BCUT2D eigenvalue weighted by Crippen LogP contribution is -2.28. The number of hydrogen-bond donors (Lipinski definition) is 1. The molecule has 3 aromatic rings. The van der Waals surface area contributed by atoms with E-state index in [1.54, 1.807) is 47.4 Å². The normalized spacial score (nSPS) is 18.5. The number of halogens is 3. The van der Waals surface area contributed by atoms with Crippen molar-refractivity contribution in [1.29, 1.82) is 0 Å². The van der Waals surface area contributed by atoms with Gasteiger partial charge in [0.05, 0.1) is 30.5 Å². The second-order valence-electron chi connectivity index (χ2n) is 8.14. The van der Waals surface area contributed by atoms with E-state index in [0.717, 1.165) is 17.7 Å². The largest absolute Gasteiger partial charge is 0.416 e. The van der Waals surface area contributed by atoms with Gasteiger partial charge >= 0.3 is 6.18 Å². The fourth-order valence-corrected chi connectivity index (χ4v) is 3.82. The van der Waals surface area contributed by atoms with Crippen molar-refractivity contribution in [3.05, 3.63) is 78.3 Å². The van der Waals surface area contributed by atoms with Crippen LogP contribution >= 0.6 is 0 Å². The molecular formula is C24H25F3N6O2.